The first-order valence-electron chi connectivity index (χ1n) is 6.09. The second-order valence-corrected chi connectivity index (χ2v) is 5.25. The zero-order chi connectivity index (χ0) is 16.2. The summed E-state index contributed by atoms with van der Waals surface area (Å²) in [4.78, 5) is 15.9. The fraction of sp³-hybridized carbons (Fsp3) is 0.143. The number of carbonyl (C=O) groups excluding carboxylic acids is 1. The van der Waals surface area contributed by atoms with Crippen LogP contribution in [0, 0.1) is 6.92 Å². The third kappa shape index (κ3) is 5.21. The van der Waals surface area contributed by atoms with E-state index in [1.807, 2.05) is 6.92 Å². The lowest BCUT2D eigenvalue weighted by atomic mass is 10.3. The van der Waals surface area contributed by atoms with E-state index >= 15 is 0 Å². The van der Waals surface area contributed by atoms with Gasteiger partial charge in [-0.2, -0.15) is 0 Å². The summed E-state index contributed by atoms with van der Waals surface area (Å²) in [6, 6.07) is 5.05. The molecule has 116 valence electrons. The molecule has 0 unspecified atom stereocenters. The summed E-state index contributed by atoms with van der Waals surface area (Å²) in [5.41, 5.74) is 0.845. The van der Waals surface area contributed by atoms with E-state index in [-0.39, 0.29) is 5.69 Å². The summed E-state index contributed by atoms with van der Waals surface area (Å²) in [7, 11) is 0. The molecule has 1 aromatic carbocycles. The van der Waals surface area contributed by atoms with Crippen LogP contribution in [0.1, 0.15) is 10.7 Å². The summed E-state index contributed by atoms with van der Waals surface area (Å²) >= 11 is 1.45. The van der Waals surface area contributed by atoms with Crippen molar-refractivity contribution >= 4 is 29.0 Å². The number of aromatic nitrogens is 1. The van der Waals surface area contributed by atoms with E-state index in [9.17, 15) is 18.0 Å². The largest absolute Gasteiger partial charge is 0.573 e. The predicted octanol–water partition coefficient (Wildman–Crippen LogP) is 4.00. The Morgan fingerprint density at radius 3 is 2.82 bits per heavy atom. The highest BCUT2D eigenvalue weighted by Crippen LogP contribution is 2.25. The standard InChI is InChI=1S/C14H11F3N2O2S/c1-9-18-11(8-22-9)5-6-13(20)19-10-3-2-4-12(7-10)21-14(15,16)17/h2-8H,1H3,(H,19,20)/b6-5+. The van der Waals surface area contributed by atoms with Crippen molar-refractivity contribution in [3.05, 3.63) is 46.4 Å². The van der Waals surface area contributed by atoms with Gasteiger partial charge in [-0.3, -0.25) is 4.79 Å². The highest BCUT2D eigenvalue weighted by molar-refractivity contribution is 7.09. The van der Waals surface area contributed by atoms with E-state index in [4.69, 9.17) is 0 Å². The lowest BCUT2D eigenvalue weighted by Gasteiger charge is -2.10. The lowest BCUT2D eigenvalue weighted by Crippen LogP contribution is -2.17. The molecule has 1 amide bonds. The quantitative estimate of drug-likeness (QED) is 0.863. The van der Waals surface area contributed by atoms with Gasteiger partial charge in [-0.05, 0) is 25.1 Å². The molecule has 0 saturated carbocycles. The van der Waals surface area contributed by atoms with Crippen LogP contribution in [-0.2, 0) is 4.79 Å². The van der Waals surface area contributed by atoms with Crippen LogP contribution in [0.15, 0.2) is 35.7 Å². The number of alkyl halides is 3. The molecular weight excluding hydrogens is 317 g/mol. The monoisotopic (exact) mass is 328 g/mol. The van der Waals surface area contributed by atoms with Gasteiger partial charge in [-0.1, -0.05) is 6.07 Å². The number of hydrogen-bond acceptors (Lipinski definition) is 4. The Labute approximate surface area is 128 Å². The van der Waals surface area contributed by atoms with Crippen LogP contribution in [0.3, 0.4) is 0 Å². The second-order valence-electron chi connectivity index (χ2n) is 4.19. The molecule has 1 heterocycles. The molecule has 4 nitrogen and oxygen atoms in total. The van der Waals surface area contributed by atoms with Crippen molar-refractivity contribution in [2.24, 2.45) is 0 Å². The van der Waals surface area contributed by atoms with Crippen molar-refractivity contribution in [1.29, 1.82) is 0 Å². The predicted molar refractivity (Wildman–Crippen MR) is 77.6 cm³/mol. The first-order valence-corrected chi connectivity index (χ1v) is 6.97. The van der Waals surface area contributed by atoms with Crippen LogP contribution in [0.4, 0.5) is 18.9 Å². The van der Waals surface area contributed by atoms with Gasteiger partial charge in [0, 0.05) is 23.2 Å². The Hall–Kier alpha value is -2.35. The molecule has 0 spiro atoms. The third-order valence-electron chi connectivity index (χ3n) is 2.38. The molecule has 0 saturated heterocycles. The van der Waals surface area contributed by atoms with Crippen LogP contribution in [0.2, 0.25) is 0 Å². The third-order valence-corrected chi connectivity index (χ3v) is 3.17. The topological polar surface area (TPSA) is 51.2 Å². The molecule has 0 aliphatic rings. The average Bonchev–Trinajstić information content (AvgIpc) is 2.81. The molecule has 0 aliphatic carbocycles. The maximum absolute atomic E-state index is 12.1. The molecule has 8 heteroatoms. The molecule has 0 radical (unpaired) electrons. The first-order chi connectivity index (χ1) is 10.3. The van der Waals surface area contributed by atoms with E-state index in [1.165, 1.54) is 35.6 Å². The van der Waals surface area contributed by atoms with Crippen molar-refractivity contribution in [2.45, 2.75) is 13.3 Å². The van der Waals surface area contributed by atoms with Gasteiger partial charge in [-0.25, -0.2) is 4.98 Å². The first kappa shape index (κ1) is 16.0. The molecular formula is C14H11F3N2O2S. The van der Waals surface area contributed by atoms with Crippen molar-refractivity contribution in [1.82, 2.24) is 4.98 Å². The minimum Gasteiger partial charge on any atom is -0.406 e. The van der Waals surface area contributed by atoms with Gasteiger partial charge in [0.25, 0.3) is 0 Å². The molecule has 0 fully saturated rings. The number of hydrogen-bond donors (Lipinski definition) is 1. The number of anilines is 1. The van der Waals surface area contributed by atoms with Crippen LogP contribution in [-0.4, -0.2) is 17.3 Å². The number of aryl methyl sites for hydroxylation is 1. The number of rotatable bonds is 4. The Bertz CT molecular complexity index is 695. The minimum atomic E-state index is -4.77. The van der Waals surface area contributed by atoms with Crippen LogP contribution in [0.5, 0.6) is 5.75 Å². The van der Waals surface area contributed by atoms with Gasteiger partial charge < -0.3 is 10.1 Å². The molecule has 1 N–H and O–H groups in total. The molecule has 2 aromatic rings. The fourth-order valence-corrected chi connectivity index (χ4v) is 2.15. The Kier molecular flexibility index (Phi) is 4.81. The summed E-state index contributed by atoms with van der Waals surface area (Å²) in [5.74, 6) is -0.876. The molecule has 0 atom stereocenters. The number of nitrogens with zero attached hydrogens (tertiary/aromatic N) is 1. The second kappa shape index (κ2) is 6.61. The summed E-state index contributed by atoms with van der Waals surface area (Å²) in [6.45, 7) is 1.84. The Morgan fingerprint density at radius 2 is 2.18 bits per heavy atom. The zero-order valence-corrected chi connectivity index (χ0v) is 12.2. The van der Waals surface area contributed by atoms with E-state index in [2.05, 4.69) is 15.0 Å². The number of halogens is 3. The van der Waals surface area contributed by atoms with Crippen molar-refractivity contribution in [3.8, 4) is 5.75 Å². The molecule has 22 heavy (non-hydrogen) atoms. The van der Waals surface area contributed by atoms with Crippen molar-refractivity contribution < 1.29 is 22.7 Å². The summed E-state index contributed by atoms with van der Waals surface area (Å²) < 4.78 is 40.1. The number of amides is 1. The average molecular weight is 328 g/mol. The SMILES string of the molecule is Cc1nc(/C=C/C(=O)Nc2cccc(OC(F)(F)F)c2)cs1. The van der Waals surface area contributed by atoms with Crippen LogP contribution < -0.4 is 10.1 Å². The number of nitrogens with one attached hydrogen (secondary N) is 1. The zero-order valence-electron chi connectivity index (χ0n) is 11.3. The molecule has 0 bridgehead atoms. The Balaban J connectivity index is 1.99. The number of thiazole rings is 1. The number of benzene rings is 1. The van der Waals surface area contributed by atoms with Gasteiger partial charge in [0.05, 0.1) is 10.7 Å². The van der Waals surface area contributed by atoms with Gasteiger partial charge >= 0.3 is 6.36 Å². The highest BCUT2D eigenvalue weighted by Gasteiger charge is 2.31. The van der Waals surface area contributed by atoms with Crippen LogP contribution in [0.25, 0.3) is 6.08 Å². The smallest absolute Gasteiger partial charge is 0.406 e. The van der Waals surface area contributed by atoms with Crippen LogP contribution >= 0.6 is 11.3 Å². The lowest BCUT2D eigenvalue weighted by molar-refractivity contribution is -0.274. The van der Waals surface area contributed by atoms with Crippen molar-refractivity contribution in [3.63, 3.8) is 0 Å². The maximum atomic E-state index is 12.1. The highest BCUT2D eigenvalue weighted by atomic mass is 32.1. The molecule has 2 rings (SSSR count). The number of ether oxygens (including phenoxy) is 1. The van der Waals surface area contributed by atoms with Gasteiger partial charge in [0.2, 0.25) is 5.91 Å². The minimum absolute atomic E-state index is 0.200. The van der Waals surface area contributed by atoms with Crippen molar-refractivity contribution in [2.75, 3.05) is 5.32 Å². The maximum Gasteiger partial charge on any atom is 0.573 e. The summed E-state index contributed by atoms with van der Waals surface area (Å²) in [6.07, 6.45) is -1.99. The van der Waals surface area contributed by atoms with Gasteiger partial charge in [0.1, 0.15) is 5.75 Å². The molecule has 0 aliphatic heterocycles. The number of carbonyl (C=O) groups is 1. The summed E-state index contributed by atoms with van der Waals surface area (Å²) in [5, 5.41) is 5.11. The normalized spacial score (nSPS) is 11.6. The van der Waals surface area contributed by atoms with E-state index < -0.39 is 18.0 Å². The Morgan fingerprint density at radius 1 is 1.41 bits per heavy atom. The molecule has 1 aromatic heterocycles. The van der Waals surface area contributed by atoms with Gasteiger partial charge in [-0.15, -0.1) is 24.5 Å². The van der Waals surface area contributed by atoms with E-state index in [0.717, 1.165) is 17.1 Å². The van der Waals surface area contributed by atoms with E-state index in [0.29, 0.717) is 5.69 Å². The van der Waals surface area contributed by atoms with Gasteiger partial charge in [0.15, 0.2) is 0 Å². The van der Waals surface area contributed by atoms with E-state index in [1.54, 1.807) is 5.38 Å². The fourth-order valence-electron chi connectivity index (χ4n) is 1.57.